The molecule has 0 aromatic heterocycles. The number of hydrogen-bond acceptors (Lipinski definition) is 6. The molecule has 10 heteroatoms. The maximum Gasteiger partial charge on any atom is 0.252 e. The van der Waals surface area contributed by atoms with E-state index in [1.54, 1.807) is 12.1 Å². The van der Waals surface area contributed by atoms with Crippen LogP contribution < -0.4 is 10.1 Å². The van der Waals surface area contributed by atoms with Crippen LogP contribution in [-0.2, 0) is 16.0 Å². The average Bonchev–Trinajstić information content (AvgIpc) is 3.34. The van der Waals surface area contributed by atoms with Gasteiger partial charge in [0.1, 0.15) is 5.75 Å². The lowest BCUT2D eigenvalue weighted by molar-refractivity contribution is -0.129. The van der Waals surface area contributed by atoms with Crippen molar-refractivity contribution in [3.8, 4) is 5.75 Å². The van der Waals surface area contributed by atoms with Gasteiger partial charge in [-0.05, 0) is 53.3 Å². The first kappa shape index (κ1) is 31.1. The lowest BCUT2D eigenvalue weighted by Gasteiger charge is -2.32. The number of nitrogens with one attached hydrogen (secondary N) is 1. The lowest BCUT2D eigenvalue weighted by atomic mass is 9.81. The van der Waals surface area contributed by atoms with E-state index in [2.05, 4.69) is 52.0 Å². The van der Waals surface area contributed by atoms with Gasteiger partial charge in [-0.1, -0.05) is 84.3 Å². The Morgan fingerprint density at radius 1 is 1.14 bits per heavy atom. The molecule has 0 bridgehead atoms. The molecule has 1 aliphatic rings. The predicted molar refractivity (Wildman–Crippen MR) is 167 cm³/mol. The molecule has 0 spiro atoms. The molecule has 1 heterocycles. The number of carbonyl (C=O) groups excluding carboxylic acids is 1. The SMILES string of the molecule is CC(C)(C)CCNC(=O)[C@]1(Cc2ccccc2N=[N+]=[N-])N=C(c2ccc(OCCCO)cc2)O[C@@H]1c1ccccc1Br. The van der Waals surface area contributed by atoms with E-state index in [9.17, 15) is 10.3 Å². The number of nitrogens with zero attached hydrogens (tertiary/aromatic N) is 4. The van der Waals surface area contributed by atoms with E-state index in [0.717, 1.165) is 16.5 Å². The summed E-state index contributed by atoms with van der Waals surface area (Å²) in [5.41, 5.74) is 10.4. The molecule has 0 fully saturated rings. The van der Waals surface area contributed by atoms with E-state index in [1.165, 1.54) is 0 Å². The highest BCUT2D eigenvalue weighted by molar-refractivity contribution is 9.10. The predicted octanol–water partition coefficient (Wildman–Crippen LogP) is 7.20. The van der Waals surface area contributed by atoms with Gasteiger partial charge >= 0.3 is 0 Å². The molecule has 1 aliphatic heterocycles. The first-order valence-electron chi connectivity index (χ1n) is 13.9. The number of benzene rings is 3. The molecule has 220 valence electrons. The van der Waals surface area contributed by atoms with Crippen LogP contribution in [0.5, 0.6) is 5.75 Å². The third kappa shape index (κ3) is 7.50. The zero-order valence-electron chi connectivity index (χ0n) is 24.1. The number of ether oxygens (including phenoxy) is 2. The minimum Gasteiger partial charge on any atom is -0.494 e. The zero-order chi connectivity index (χ0) is 30.2. The second-order valence-corrected chi connectivity index (χ2v) is 12.2. The van der Waals surface area contributed by atoms with Gasteiger partial charge in [-0.2, -0.15) is 0 Å². The number of hydrogen-bond donors (Lipinski definition) is 2. The highest BCUT2D eigenvalue weighted by Crippen LogP contribution is 2.45. The zero-order valence-corrected chi connectivity index (χ0v) is 25.7. The first-order chi connectivity index (χ1) is 20.2. The Balaban J connectivity index is 1.82. The van der Waals surface area contributed by atoms with Crippen LogP contribution in [0.15, 0.2) is 87.4 Å². The van der Waals surface area contributed by atoms with E-state index in [0.29, 0.717) is 48.0 Å². The molecular formula is C32H36BrN5O4. The van der Waals surface area contributed by atoms with Gasteiger partial charge in [0, 0.05) is 52.2 Å². The molecule has 4 rings (SSSR count). The second kappa shape index (κ2) is 13.9. The molecule has 1 amide bonds. The lowest BCUT2D eigenvalue weighted by Crippen LogP contribution is -2.50. The number of carbonyl (C=O) groups is 1. The summed E-state index contributed by atoms with van der Waals surface area (Å²) in [5.74, 6) is 0.703. The van der Waals surface area contributed by atoms with Crippen LogP contribution >= 0.6 is 15.9 Å². The molecule has 0 unspecified atom stereocenters. The number of halogens is 1. The maximum absolute atomic E-state index is 14.3. The van der Waals surface area contributed by atoms with Crippen molar-refractivity contribution in [1.82, 2.24) is 5.32 Å². The summed E-state index contributed by atoms with van der Waals surface area (Å²) in [4.78, 5) is 22.4. The van der Waals surface area contributed by atoms with Crippen LogP contribution in [-0.4, -0.2) is 42.2 Å². The van der Waals surface area contributed by atoms with Gasteiger partial charge in [0.05, 0.1) is 6.61 Å². The highest BCUT2D eigenvalue weighted by Gasteiger charge is 2.54. The summed E-state index contributed by atoms with van der Waals surface area (Å²) in [6.07, 6.45) is 0.674. The monoisotopic (exact) mass is 633 g/mol. The average molecular weight is 635 g/mol. The summed E-state index contributed by atoms with van der Waals surface area (Å²) in [6.45, 7) is 7.31. The van der Waals surface area contributed by atoms with E-state index in [1.807, 2.05) is 60.7 Å². The number of aliphatic hydroxyl groups is 1. The fraction of sp³-hybridized carbons (Fsp3) is 0.375. The number of rotatable bonds is 12. The van der Waals surface area contributed by atoms with Gasteiger partial charge in [-0.25, -0.2) is 4.99 Å². The normalized spacial score (nSPS) is 18.0. The van der Waals surface area contributed by atoms with Crippen molar-refractivity contribution >= 4 is 33.4 Å². The Hall–Kier alpha value is -3.85. The molecule has 9 nitrogen and oxygen atoms in total. The van der Waals surface area contributed by atoms with Gasteiger partial charge in [0.2, 0.25) is 5.90 Å². The van der Waals surface area contributed by atoms with E-state index in [-0.39, 0.29) is 24.3 Å². The molecule has 3 aromatic rings. The molecule has 3 aromatic carbocycles. The number of amides is 1. The summed E-state index contributed by atoms with van der Waals surface area (Å²) in [6, 6.07) is 22.1. The summed E-state index contributed by atoms with van der Waals surface area (Å²) in [5, 5.41) is 16.1. The molecule has 0 radical (unpaired) electrons. The third-order valence-corrected chi connectivity index (χ3v) is 7.70. The van der Waals surface area contributed by atoms with Crippen LogP contribution in [0.25, 0.3) is 10.4 Å². The Morgan fingerprint density at radius 2 is 1.86 bits per heavy atom. The largest absolute Gasteiger partial charge is 0.494 e. The molecule has 0 aliphatic carbocycles. The van der Waals surface area contributed by atoms with E-state index in [4.69, 9.17) is 19.6 Å². The van der Waals surface area contributed by atoms with Gasteiger partial charge in [0.15, 0.2) is 11.6 Å². The van der Waals surface area contributed by atoms with Crippen molar-refractivity contribution in [1.29, 1.82) is 0 Å². The topological polar surface area (TPSA) is 129 Å². The Kier molecular flexibility index (Phi) is 10.3. The molecule has 42 heavy (non-hydrogen) atoms. The Labute approximate surface area is 254 Å². The smallest absolute Gasteiger partial charge is 0.252 e. The summed E-state index contributed by atoms with van der Waals surface area (Å²) in [7, 11) is 0. The molecule has 0 saturated carbocycles. The summed E-state index contributed by atoms with van der Waals surface area (Å²) < 4.78 is 13.1. The van der Waals surface area contributed by atoms with E-state index < -0.39 is 11.6 Å². The molecule has 0 saturated heterocycles. The van der Waals surface area contributed by atoms with Gasteiger partial charge in [-0.15, -0.1) is 0 Å². The summed E-state index contributed by atoms with van der Waals surface area (Å²) >= 11 is 3.66. The minimum atomic E-state index is -1.41. The number of aliphatic imine (C=N–C) groups is 1. The minimum absolute atomic E-state index is 0.0258. The third-order valence-electron chi connectivity index (χ3n) is 6.98. The number of azide groups is 1. The van der Waals surface area contributed by atoms with Crippen LogP contribution in [0.1, 0.15) is 56.4 Å². The van der Waals surface area contributed by atoms with Gasteiger partial charge < -0.3 is 19.9 Å². The number of aliphatic hydroxyl groups excluding tert-OH is 1. The van der Waals surface area contributed by atoms with Crippen LogP contribution in [0.3, 0.4) is 0 Å². The van der Waals surface area contributed by atoms with Crippen molar-refractivity contribution in [2.45, 2.75) is 51.7 Å². The fourth-order valence-corrected chi connectivity index (χ4v) is 5.24. The molecule has 2 atom stereocenters. The van der Waals surface area contributed by atoms with Crippen molar-refractivity contribution < 1.29 is 19.4 Å². The Bertz CT molecular complexity index is 1460. The maximum atomic E-state index is 14.3. The standard InChI is InChI=1S/C32H36BrN5O4/c1-31(2,3)17-18-35-30(40)32(21-23-9-4-7-12-27(23)37-38-34)28(25-10-5-6-11-26(25)33)42-29(36-32)22-13-15-24(16-14-22)41-20-8-19-39/h4-7,9-16,28,39H,8,17-21H2,1-3H3,(H,35,40)/t28-,32-/m1/s1. The highest BCUT2D eigenvalue weighted by atomic mass is 79.9. The fourth-order valence-electron chi connectivity index (χ4n) is 4.75. The van der Waals surface area contributed by atoms with E-state index >= 15 is 0 Å². The van der Waals surface area contributed by atoms with Crippen molar-refractivity contribution in [3.63, 3.8) is 0 Å². The Morgan fingerprint density at radius 3 is 2.55 bits per heavy atom. The van der Waals surface area contributed by atoms with Crippen molar-refractivity contribution in [3.05, 3.63) is 104 Å². The second-order valence-electron chi connectivity index (χ2n) is 11.4. The van der Waals surface area contributed by atoms with Crippen LogP contribution in [0.4, 0.5) is 5.69 Å². The van der Waals surface area contributed by atoms with Crippen LogP contribution in [0, 0.1) is 5.41 Å². The molecule has 2 N–H and O–H groups in total. The van der Waals surface area contributed by atoms with Crippen molar-refractivity contribution in [2.75, 3.05) is 19.8 Å². The van der Waals surface area contributed by atoms with Crippen LogP contribution in [0.2, 0.25) is 0 Å². The van der Waals surface area contributed by atoms with Crippen molar-refractivity contribution in [2.24, 2.45) is 15.5 Å². The molecular weight excluding hydrogens is 598 g/mol. The van der Waals surface area contributed by atoms with Gasteiger partial charge in [0.25, 0.3) is 5.91 Å². The van der Waals surface area contributed by atoms with Gasteiger partial charge in [-0.3, -0.25) is 4.79 Å². The first-order valence-corrected chi connectivity index (χ1v) is 14.7. The quantitative estimate of drug-likeness (QED) is 0.0945.